The maximum Gasteiger partial charge on any atom is 0.206 e. The third-order valence-electron chi connectivity index (χ3n) is 4.21. The highest BCUT2D eigenvalue weighted by Gasteiger charge is 2.14. The van der Waals surface area contributed by atoms with Crippen molar-refractivity contribution >= 4 is 5.78 Å². The fourth-order valence-corrected chi connectivity index (χ4v) is 2.63. The fourth-order valence-electron chi connectivity index (χ4n) is 2.63. The number of hydrogen-bond acceptors (Lipinski definition) is 5. The van der Waals surface area contributed by atoms with Crippen molar-refractivity contribution in [2.45, 2.75) is 45.6 Å². The maximum absolute atomic E-state index is 12.3. The van der Waals surface area contributed by atoms with Gasteiger partial charge in [0.2, 0.25) is 5.82 Å². The van der Waals surface area contributed by atoms with Gasteiger partial charge in [0.25, 0.3) is 0 Å². The predicted octanol–water partition coefficient (Wildman–Crippen LogP) is 3.70. The van der Waals surface area contributed by atoms with E-state index in [0.717, 1.165) is 11.1 Å². The standard InChI is InChI=1S/C20H23N5O/c1-20(2,3)17-10-8-15(9-11-17)18(26)7-5-13-25-23-19(22-24-25)16-6-4-12-21-14-16/h4,6,8-12,14H,5,7,13H2,1-3H3. The van der Waals surface area contributed by atoms with E-state index in [1.54, 1.807) is 12.4 Å². The predicted molar refractivity (Wildman–Crippen MR) is 99.8 cm³/mol. The molecule has 0 N–H and O–H groups in total. The number of ketones is 1. The van der Waals surface area contributed by atoms with E-state index in [9.17, 15) is 4.79 Å². The van der Waals surface area contributed by atoms with E-state index < -0.39 is 0 Å². The van der Waals surface area contributed by atoms with Gasteiger partial charge in [-0.2, -0.15) is 4.80 Å². The lowest BCUT2D eigenvalue weighted by molar-refractivity contribution is 0.0977. The number of hydrogen-bond donors (Lipinski definition) is 0. The Morgan fingerprint density at radius 3 is 2.54 bits per heavy atom. The van der Waals surface area contributed by atoms with Crippen molar-refractivity contribution in [2.24, 2.45) is 0 Å². The molecule has 2 aromatic heterocycles. The van der Waals surface area contributed by atoms with Crippen LogP contribution in [0.2, 0.25) is 0 Å². The number of aryl methyl sites for hydroxylation is 1. The van der Waals surface area contributed by atoms with E-state index in [2.05, 4.69) is 41.2 Å². The van der Waals surface area contributed by atoms with Crippen molar-refractivity contribution in [1.29, 1.82) is 0 Å². The summed E-state index contributed by atoms with van der Waals surface area (Å²) >= 11 is 0. The van der Waals surface area contributed by atoms with E-state index in [0.29, 0.717) is 25.2 Å². The summed E-state index contributed by atoms with van der Waals surface area (Å²) in [6.45, 7) is 7.04. The lowest BCUT2D eigenvalue weighted by atomic mass is 9.86. The number of benzene rings is 1. The summed E-state index contributed by atoms with van der Waals surface area (Å²) in [5.41, 5.74) is 2.89. The molecule has 0 radical (unpaired) electrons. The maximum atomic E-state index is 12.3. The second-order valence-electron chi connectivity index (χ2n) is 7.30. The molecule has 134 valence electrons. The Kier molecular flexibility index (Phi) is 5.21. The van der Waals surface area contributed by atoms with Gasteiger partial charge >= 0.3 is 0 Å². The van der Waals surface area contributed by atoms with Crippen LogP contribution in [0.5, 0.6) is 0 Å². The van der Waals surface area contributed by atoms with Crippen LogP contribution < -0.4 is 0 Å². The Morgan fingerprint density at radius 2 is 1.88 bits per heavy atom. The monoisotopic (exact) mass is 349 g/mol. The van der Waals surface area contributed by atoms with Gasteiger partial charge in [-0.3, -0.25) is 9.78 Å². The summed E-state index contributed by atoms with van der Waals surface area (Å²) in [5.74, 6) is 0.681. The zero-order valence-electron chi connectivity index (χ0n) is 15.4. The Balaban J connectivity index is 1.53. The number of carbonyl (C=O) groups excluding carboxylic acids is 1. The minimum absolute atomic E-state index is 0.0896. The first-order valence-electron chi connectivity index (χ1n) is 8.75. The van der Waals surface area contributed by atoms with E-state index in [4.69, 9.17) is 0 Å². The minimum atomic E-state index is 0.0896. The summed E-state index contributed by atoms with van der Waals surface area (Å²) in [6.07, 6.45) is 4.53. The SMILES string of the molecule is CC(C)(C)c1ccc(C(=O)CCCn2nnc(-c3cccnc3)n2)cc1. The Labute approximate surface area is 153 Å². The molecule has 3 rings (SSSR count). The van der Waals surface area contributed by atoms with Gasteiger partial charge in [-0.25, -0.2) is 0 Å². The first kappa shape index (κ1) is 17.9. The third-order valence-corrected chi connectivity index (χ3v) is 4.21. The van der Waals surface area contributed by atoms with E-state index in [1.165, 1.54) is 10.4 Å². The van der Waals surface area contributed by atoms with Gasteiger partial charge in [0.05, 0.1) is 6.54 Å². The summed E-state index contributed by atoms with van der Waals surface area (Å²) in [7, 11) is 0. The highest BCUT2D eigenvalue weighted by molar-refractivity contribution is 5.96. The van der Waals surface area contributed by atoms with Crippen molar-refractivity contribution in [1.82, 2.24) is 25.2 Å². The molecule has 0 amide bonds. The van der Waals surface area contributed by atoms with Crippen LogP contribution in [-0.2, 0) is 12.0 Å². The molecule has 0 saturated heterocycles. The van der Waals surface area contributed by atoms with Gasteiger partial charge < -0.3 is 0 Å². The van der Waals surface area contributed by atoms with Crippen LogP contribution in [0.25, 0.3) is 11.4 Å². The third kappa shape index (κ3) is 4.39. The molecule has 0 aliphatic rings. The number of tetrazole rings is 1. The van der Waals surface area contributed by atoms with Crippen LogP contribution in [-0.4, -0.2) is 31.0 Å². The molecule has 0 bridgehead atoms. The van der Waals surface area contributed by atoms with Gasteiger partial charge in [0.1, 0.15) is 0 Å². The Morgan fingerprint density at radius 1 is 1.12 bits per heavy atom. The zero-order valence-corrected chi connectivity index (χ0v) is 15.4. The molecule has 2 heterocycles. The van der Waals surface area contributed by atoms with Crippen molar-refractivity contribution < 1.29 is 4.79 Å². The molecule has 26 heavy (non-hydrogen) atoms. The first-order chi connectivity index (χ1) is 12.4. The molecule has 0 saturated carbocycles. The van der Waals surface area contributed by atoms with E-state index in [-0.39, 0.29) is 11.2 Å². The Bertz CT molecular complexity index is 863. The number of nitrogens with zero attached hydrogens (tertiary/aromatic N) is 5. The molecule has 0 aliphatic heterocycles. The molecule has 0 aliphatic carbocycles. The molecular formula is C20H23N5O. The molecule has 0 unspecified atom stereocenters. The Hall–Kier alpha value is -2.89. The summed E-state index contributed by atoms with van der Waals surface area (Å²) in [5, 5.41) is 12.4. The highest BCUT2D eigenvalue weighted by Crippen LogP contribution is 2.22. The van der Waals surface area contributed by atoms with Gasteiger partial charge in [0, 0.05) is 29.9 Å². The number of Topliss-reactive ketones (excluding diaryl/α,β-unsaturated/α-hetero) is 1. The molecule has 0 spiro atoms. The van der Waals surface area contributed by atoms with Crippen LogP contribution in [0.1, 0.15) is 49.5 Å². The minimum Gasteiger partial charge on any atom is -0.294 e. The molecule has 0 fully saturated rings. The van der Waals surface area contributed by atoms with E-state index >= 15 is 0 Å². The van der Waals surface area contributed by atoms with Crippen LogP contribution in [0.4, 0.5) is 0 Å². The van der Waals surface area contributed by atoms with Crippen LogP contribution in [0, 0.1) is 0 Å². The number of aromatic nitrogens is 5. The second kappa shape index (κ2) is 7.56. The molecule has 3 aromatic rings. The topological polar surface area (TPSA) is 73.6 Å². The first-order valence-corrected chi connectivity index (χ1v) is 8.75. The van der Waals surface area contributed by atoms with Gasteiger partial charge in [-0.15, -0.1) is 10.2 Å². The van der Waals surface area contributed by atoms with Crippen molar-refractivity contribution in [3.05, 3.63) is 59.9 Å². The molecule has 6 heteroatoms. The largest absolute Gasteiger partial charge is 0.294 e. The quantitative estimate of drug-likeness (QED) is 0.635. The average molecular weight is 349 g/mol. The molecule has 6 nitrogen and oxygen atoms in total. The molecule has 0 atom stereocenters. The van der Waals surface area contributed by atoms with Crippen LogP contribution in [0.3, 0.4) is 0 Å². The van der Waals surface area contributed by atoms with E-state index in [1.807, 2.05) is 36.4 Å². The smallest absolute Gasteiger partial charge is 0.206 e. The summed E-state index contributed by atoms with van der Waals surface area (Å²) < 4.78 is 0. The number of pyridine rings is 1. The van der Waals surface area contributed by atoms with Gasteiger partial charge in [-0.05, 0) is 34.7 Å². The fraction of sp³-hybridized carbons (Fsp3) is 0.350. The molecule has 1 aromatic carbocycles. The molecular weight excluding hydrogens is 326 g/mol. The number of carbonyl (C=O) groups is 1. The normalized spacial score (nSPS) is 11.5. The average Bonchev–Trinajstić information content (AvgIpc) is 3.11. The van der Waals surface area contributed by atoms with Crippen LogP contribution in [0.15, 0.2) is 48.8 Å². The van der Waals surface area contributed by atoms with Gasteiger partial charge in [0.15, 0.2) is 5.78 Å². The van der Waals surface area contributed by atoms with Crippen molar-refractivity contribution in [3.8, 4) is 11.4 Å². The highest BCUT2D eigenvalue weighted by atomic mass is 16.1. The lowest BCUT2D eigenvalue weighted by Crippen LogP contribution is -2.11. The van der Waals surface area contributed by atoms with Crippen LogP contribution >= 0.6 is 0 Å². The van der Waals surface area contributed by atoms with Crippen molar-refractivity contribution in [3.63, 3.8) is 0 Å². The van der Waals surface area contributed by atoms with Crippen molar-refractivity contribution in [2.75, 3.05) is 0 Å². The summed E-state index contributed by atoms with van der Waals surface area (Å²) in [6, 6.07) is 11.6. The lowest BCUT2D eigenvalue weighted by Gasteiger charge is -2.18. The number of rotatable bonds is 6. The second-order valence-corrected chi connectivity index (χ2v) is 7.30. The van der Waals surface area contributed by atoms with Gasteiger partial charge in [-0.1, -0.05) is 45.0 Å². The summed E-state index contributed by atoms with van der Waals surface area (Å²) in [4.78, 5) is 17.9. The zero-order chi connectivity index (χ0) is 18.6.